The van der Waals surface area contributed by atoms with Gasteiger partial charge in [0.2, 0.25) is 0 Å². The van der Waals surface area contributed by atoms with Crippen molar-refractivity contribution in [1.82, 2.24) is 14.7 Å². The Hall–Kier alpha value is -1.92. The molecular formula is C15H17N3O2S. The summed E-state index contributed by atoms with van der Waals surface area (Å²) < 4.78 is 13.0. The van der Waals surface area contributed by atoms with E-state index in [2.05, 4.69) is 10.1 Å². The average Bonchev–Trinajstić information content (AvgIpc) is 3.20. The van der Waals surface area contributed by atoms with Crippen molar-refractivity contribution in [2.45, 2.75) is 26.5 Å². The van der Waals surface area contributed by atoms with Gasteiger partial charge in [0, 0.05) is 25.1 Å². The Balaban J connectivity index is 1.77. The molecule has 0 fully saturated rings. The molecule has 0 unspecified atom stereocenters. The lowest BCUT2D eigenvalue weighted by molar-refractivity contribution is 0.0677. The van der Waals surface area contributed by atoms with Crippen molar-refractivity contribution < 1.29 is 9.26 Å². The zero-order valence-electron chi connectivity index (χ0n) is 12.0. The molecule has 0 bridgehead atoms. The Morgan fingerprint density at radius 1 is 1.48 bits per heavy atom. The van der Waals surface area contributed by atoms with Crippen LogP contribution in [0.4, 0.5) is 0 Å². The Morgan fingerprint density at radius 2 is 2.38 bits per heavy atom. The summed E-state index contributed by atoms with van der Waals surface area (Å²) in [6.45, 7) is 5.28. The summed E-state index contributed by atoms with van der Waals surface area (Å²) in [6, 6.07) is 6.00. The number of imidazole rings is 1. The van der Waals surface area contributed by atoms with Gasteiger partial charge in [-0.2, -0.15) is 0 Å². The minimum absolute atomic E-state index is 0.0336. The summed E-state index contributed by atoms with van der Waals surface area (Å²) in [7, 11) is 0. The topological polar surface area (TPSA) is 53.1 Å². The SMILES string of the molecule is CCO[C@@H](C)c1nccn1Cc1cc(-c2cccs2)on1. The second-order valence-electron chi connectivity index (χ2n) is 4.67. The van der Waals surface area contributed by atoms with Crippen LogP contribution < -0.4 is 0 Å². The molecule has 110 valence electrons. The number of nitrogens with zero attached hydrogens (tertiary/aromatic N) is 3. The van der Waals surface area contributed by atoms with E-state index >= 15 is 0 Å². The van der Waals surface area contributed by atoms with Crippen LogP contribution in [-0.2, 0) is 11.3 Å². The van der Waals surface area contributed by atoms with E-state index in [1.807, 2.05) is 48.2 Å². The summed E-state index contributed by atoms with van der Waals surface area (Å²) in [6.07, 6.45) is 3.68. The van der Waals surface area contributed by atoms with E-state index in [4.69, 9.17) is 9.26 Å². The van der Waals surface area contributed by atoms with Gasteiger partial charge >= 0.3 is 0 Å². The van der Waals surface area contributed by atoms with Gasteiger partial charge in [0.05, 0.1) is 11.4 Å². The summed E-state index contributed by atoms with van der Waals surface area (Å²) in [4.78, 5) is 5.45. The van der Waals surface area contributed by atoms with Gasteiger partial charge in [0.15, 0.2) is 5.76 Å². The normalized spacial score (nSPS) is 12.7. The largest absolute Gasteiger partial charge is 0.371 e. The molecule has 3 aromatic rings. The number of hydrogen-bond acceptors (Lipinski definition) is 5. The molecular weight excluding hydrogens is 286 g/mol. The van der Waals surface area contributed by atoms with Gasteiger partial charge in [0.25, 0.3) is 0 Å². The second kappa shape index (κ2) is 6.24. The second-order valence-corrected chi connectivity index (χ2v) is 5.62. The number of hydrogen-bond donors (Lipinski definition) is 0. The van der Waals surface area contributed by atoms with Crippen molar-refractivity contribution in [2.75, 3.05) is 6.61 Å². The van der Waals surface area contributed by atoms with E-state index in [0.717, 1.165) is 22.2 Å². The summed E-state index contributed by atoms with van der Waals surface area (Å²) in [5.41, 5.74) is 0.876. The minimum atomic E-state index is -0.0336. The molecule has 1 atom stereocenters. The van der Waals surface area contributed by atoms with Crippen LogP contribution in [0.5, 0.6) is 0 Å². The van der Waals surface area contributed by atoms with Crippen LogP contribution in [-0.4, -0.2) is 21.3 Å². The van der Waals surface area contributed by atoms with Crippen molar-refractivity contribution in [3.05, 3.63) is 47.5 Å². The molecule has 0 saturated carbocycles. The molecule has 0 aromatic carbocycles. The van der Waals surface area contributed by atoms with Crippen molar-refractivity contribution in [2.24, 2.45) is 0 Å². The maximum Gasteiger partial charge on any atom is 0.177 e. The summed E-state index contributed by atoms with van der Waals surface area (Å²) in [5, 5.41) is 6.16. The molecule has 0 aliphatic carbocycles. The quantitative estimate of drug-likeness (QED) is 0.696. The fourth-order valence-electron chi connectivity index (χ4n) is 2.23. The highest BCUT2D eigenvalue weighted by molar-refractivity contribution is 7.13. The molecule has 0 amide bonds. The standard InChI is InChI=1S/C15H17N3O2S/c1-3-19-11(2)15-16-6-7-18(15)10-12-9-13(20-17-12)14-5-4-8-21-14/h4-9,11H,3,10H2,1-2H3/t11-/m0/s1. The molecule has 3 heterocycles. The van der Waals surface area contributed by atoms with E-state index < -0.39 is 0 Å². The van der Waals surface area contributed by atoms with Gasteiger partial charge in [-0.1, -0.05) is 11.2 Å². The first-order chi connectivity index (χ1) is 10.3. The molecule has 6 heteroatoms. The van der Waals surface area contributed by atoms with E-state index in [1.165, 1.54) is 0 Å². The number of aromatic nitrogens is 3. The maximum atomic E-state index is 5.60. The van der Waals surface area contributed by atoms with Crippen LogP contribution in [0.2, 0.25) is 0 Å². The first-order valence-corrected chi connectivity index (χ1v) is 7.78. The molecule has 3 aromatic heterocycles. The highest BCUT2D eigenvalue weighted by Crippen LogP contribution is 2.25. The predicted molar refractivity (Wildman–Crippen MR) is 81.2 cm³/mol. The van der Waals surface area contributed by atoms with Gasteiger partial charge in [-0.25, -0.2) is 4.98 Å². The summed E-state index contributed by atoms with van der Waals surface area (Å²) >= 11 is 1.64. The van der Waals surface area contributed by atoms with Gasteiger partial charge in [-0.15, -0.1) is 11.3 Å². The third kappa shape index (κ3) is 3.06. The molecule has 0 radical (unpaired) electrons. The van der Waals surface area contributed by atoms with Gasteiger partial charge < -0.3 is 13.8 Å². The van der Waals surface area contributed by atoms with Gasteiger partial charge in [-0.05, 0) is 25.3 Å². The lowest BCUT2D eigenvalue weighted by Gasteiger charge is -2.12. The van der Waals surface area contributed by atoms with Crippen LogP contribution >= 0.6 is 11.3 Å². The zero-order chi connectivity index (χ0) is 14.7. The Labute approximate surface area is 127 Å². The maximum absolute atomic E-state index is 5.60. The van der Waals surface area contributed by atoms with Crippen LogP contribution in [0.3, 0.4) is 0 Å². The number of ether oxygens (including phenoxy) is 1. The number of thiophene rings is 1. The zero-order valence-corrected chi connectivity index (χ0v) is 12.8. The van der Waals surface area contributed by atoms with Crippen LogP contribution in [0.25, 0.3) is 10.6 Å². The third-order valence-electron chi connectivity index (χ3n) is 3.18. The van der Waals surface area contributed by atoms with Crippen LogP contribution in [0, 0.1) is 0 Å². The lowest BCUT2D eigenvalue weighted by Crippen LogP contribution is -2.10. The van der Waals surface area contributed by atoms with E-state index in [1.54, 1.807) is 17.5 Å². The summed E-state index contributed by atoms with van der Waals surface area (Å²) in [5.74, 6) is 1.71. The lowest BCUT2D eigenvalue weighted by atomic mass is 10.3. The molecule has 0 aliphatic heterocycles. The first kappa shape index (κ1) is 14.0. The molecule has 0 saturated heterocycles. The Morgan fingerprint density at radius 3 is 3.14 bits per heavy atom. The average molecular weight is 303 g/mol. The molecule has 5 nitrogen and oxygen atoms in total. The molecule has 0 aliphatic rings. The smallest absolute Gasteiger partial charge is 0.177 e. The minimum Gasteiger partial charge on any atom is -0.371 e. The van der Waals surface area contributed by atoms with E-state index in [-0.39, 0.29) is 6.10 Å². The van der Waals surface area contributed by atoms with E-state index in [0.29, 0.717) is 13.2 Å². The Bertz CT molecular complexity index is 687. The van der Waals surface area contributed by atoms with Crippen molar-refractivity contribution in [3.8, 4) is 10.6 Å². The van der Waals surface area contributed by atoms with E-state index in [9.17, 15) is 0 Å². The van der Waals surface area contributed by atoms with Gasteiger partial charge in [-0.3, -0.25) is 0 Å². The van der Waals surface area contributed by atoms with Crippen LogP contribution in [0.1, 0.15) is 31.5 Å². The highest BCUT2D eigenvalue weighted by atomic mass is 32.1. The number of rotatable bonds is 6. The third-order valence-corrected chi connectivity index (χ3v) is 4.07. The molecule has 3 rings (SSSR count). The monoisotopic (exact) mass is 303 g/mol. The highest BCUT2D eigenvalue weighted by Gasteiger charge is 2.14. The van der Waals surface area contributed by atoms with Crippen molar-refractivity contribution in [3.63, 3.8) is 0 Å². The molecule has 21 heavy (non-hydrogen) atoms. The molecule has 0 N–H and O–H groups in total. The van der Waals surface area contributed by atoms with Crippen molar-refractivity contribution in [1.29, 1.82) is 0 Å². The van der Waals surface area contributed by atoms with Gasteiger partial charge in [0.1, 0.15) is 17.6 Å². The predicted octanol–water partition coefficient (Wildman–Crippen LogP) is 3.75. The van der Waals surface area contributed by atoms with Crippen molar-refractivity contribution >= 4 is 11.3 Å². The van der Waals surface area contributed by atoms with Crippen LogP contribution in [0.15, 0.2) is 40.5 Å². The Kier molecular flexibility index (Phi) is 4.17. The molecule has 0 spiro atoms. The fraction of sp³-hybridized carbons (Fsp3) is 0.333. The fourth-order valence-corrected chi connectivity index (χ4v) is 2.91. The first-order valence-electron chi connectivity index (χ1n) is 6.90.